The average Bonchev–Trinajstić information content (AvgIpc) is 3.85. The van der Waals surface area contributed by atoms with Crippen LogP contribution < -0.4 is 10.7 Å². The summed E-state index contributed by atoms with van der Waals surface area (Å²) in [6.45, 7) is 18.5. The van der Waals surface area contributed by atoms with E-state index in [1.54, 1.807) is 41.7 Å². The van der Waals surface area contributed by atoms with E-state index in [2.05, 4.69) is 46.1 Å². The number of aliphatic hydroxyl groups is 2. The Morgan fingerprint density at radius 3 is 2.26 bits per heavy atom. The number of benzene rings is 2. The third kappa shape index (κ3) is 11.0. The number of nitrogens with one attached hydrogen (secondary N) is 3. The largest absolute Gasteiger partial charge is 0.458 e. The van der Waals surface area contributed by atoms with Crippen molar-refractivity contribution in [2.75, 3.05) is 34.9 Å². The predicted octanol–water partition coefficient (Wildman–Crippen LogP) is 5.98. The highest BCUT2D eigenvalue weighted by molar-refractivity contribution is 6.08. The van der Waals surface area contributed by atoms with Gasteiger partial charge in [-0.3, -0.25) is 9.59 Å². The lowest BCUT2D eigenvalue weighted by Crippen LogP contribution is -2.63. The first-order valence-electron chi connectivity index (χ1n) is 26.0. The van der Waals surface area contributed by atoms with Crippen LogP contribution in [0.2, 0.25) is 0 Å². The van der Waals surface area contributed by atoms with E-state index < -0.39 is 108 Å². The van der Waals surface area contributed by atoms with Crippen LogP contribution in [-0.2, 0) is 53.9 Å². The standard InChI is InChI=1S/C54H83N5O13/c1-15-40-54(10)45(59(51(64)72-54)55-25-19-21-35-20-18-23-37-36-22-16-17-24-38(36)57-42(35)37)33(6)56-48(62)29(2)27-53(9,66-14)47(71-50-43(60)39(58(11)12)26-30(3)67-50)31(4)44(32(5)49(63)69-40)70-41-28-52(8,65-13)46(61)34(7)68-41/h16-18,20,22-24,29-34,39-41,43-47,50,55,57,60-61H,15,19,21,25-28H2,1-14H3,(H,56,62)/t29-,30-,31+,32-,33?,34+,39+,40+,41+,43-,44+,45-,46+,47-,50+,52-,53+,54-/m1/s1. The van der Waals surface area contributed by atoms with Gasteiger partial charge in [-0.2, -0.15) is 0 Å². The van der Waals surface area contributed by atoms with Crippen LogP contribution in [-0.4, -0.2) is 168 Å². The third-order valence-electron chi connectivity index (χ3n) is 16.4. The number of aromatic amines is 1. The first-order valence-corrected chi connectivity index (χ1v) is 26.0. The topological polar surface area (TPSA) is 212 Å². The number of hydrogen-bond acceptors (Lipinski definition) is 15. The van der Waals surface area contributed by atoms with Crippen molar-refractivity contribution >= 4 is 39.8 Å². The highest BCUT2D eigenvalue weighted by Crippen LogP contribution is 2.43. The molecule has 5 heterocycles. The molecule has 3 aromatic rings. The molecule has 18 heteroatoms. The number of carbonyl (C=O) groups is 3. The van der Waals surface area contributed by atoms with Crippen molar-refractivity contribution < 1.29 is 62.5 Å². The highest BCUT2D eigenvalue weighted by Gasteiger charge is 2.60. The summed E-state index contributed by atoms with van der Waals surface area (Å²) in [5.74, 6) is -3.44. The Morgan fingerprint density at radius 2 is 1.58 bits per heavy atom. The van der Waals surface area contributed by atoms with Gasteiger partial charge < -0.3 is 63.3 Å². The molecule has 2 aromatic carbocycles. The summed E-state index contributed by atoms with van der Waals surface area (Å²) in [5, 5.41) is 30.0. The van der Waals surface area contributed by atoms with Gasteiger partial charge in [0.1, 0.15) is 24.4 Å². The van der Waals surface area contributed by atoms with Crippen LogP contribution in [0.15, 0.2) is 42.5 Å². The lowest BCUT2D eigenvalue weighted by molar-refractivity contribution is -0.319. The number of rotatable bonds is 13. The zero-order chi connectivity index (χ0) is 52.6. The molecule has 72 heavy (non-hydrogen) atoms. The van der Waals surface area contributed by atoms with Crippen molar-refractivity contribution in [2.24, 2.45) is 17.8 Å². The smallest absolute Gasteiger partial charge is 0.425 e. The minimum absolute atomic E-state index is 0.114. The number of cyclic esters (lactones) is 1. The lowest BCUT2D eigenvalue weighted by atomic mass is 9.77. The molecule has 1 unspecified atom stereocenters. The molecular weight excluding hydrogens is 927 g/mol. The number of hydrazine groups is 1. The van der Waals surface area contributed by atoms with Gasteiger partial charge in [-0.15, -0.1) is 0 Å². The van der Waals surface area contributed by atoms with Gasteiger partial charge in [0.2, 0.25) is 5.91 Å². The highest BCUT2D eigenvalue weighted by atomic mass is 16.7. The fourth-order valence-corrected chi connectivity index (χ4v) is 12.1. The minimum atomic E-state index is -1.46. The average molecular weight is 1010 g/mol. The normalized spacial score (nSPS) is 39.6. The first kappa shape index (κ1) is 55.8. The van der Waals surface area contributed by atoms with Gasteiger partial charge in [0.15, 0.2) is 18.2 Å². The van der Waals surface area contributed by atoms with E-state index in [4.69, 9.17) is 37.9 Å². The number of aromatic nitrogens is 1. The van der Waals surface area contributed by atoms with E-state index in [1.165, 1.54) is 12.1 Å². The summed E-state index contributed by atoms with van der Waals surface area (Å²) < 4.78 is 51.7. The second-order valence-electron chi connectivity index (χ2n) is 22.0. The number of likely N-dealkylation sites (N-methyl/N-ethyl adjacent to an activating group) is 1. The molecule has 0 aliphatic carbocycles. The molecule has 18 atom stereocenters. The number of nitrogens with zero attached hydrogens (tertiary/aromatic N) is 2. The second-order valence-corrected chi connectivity index (χ2v) is 22.0. The Kier molecular flexibility index (Phi) is 17.4. The predicted molar refractivity (Wildman–Crippen MR) is 270 cm³/mol. The van der Waals surface area contributed by atoms with Crippen LogP contribution in [0.25, 0.3) is 21.8 Å². The Morgan fingerprint density at radius 1 is 0.889 bits per heavy atom. The number of ether oxygens (including phenoxy) is 8. The maximum atomic E-state index is 15.0. The summed E-state index contributed by atoms with van der Waals surface area (Å²) >= 11 is 0. The van der Waals surface area contributed by atoms with Gasteiger partial charge in [0, 0.05) is 66.9 Å². The molecule has 4 saturated heterocycles. The number of methoxy groups -OCH3 is 2. The SMILES string of the molecule is CC[C@@H]1OC(=O)[C@H](C)[C@@H](O[C@H]2C[C@@](C)(OC)[C@@H](O)[C@H](C)O2)[C@H](C)[C@@H](O[C@@H]2O[C@H](C)C[C@H](N(C)C)[C@H]2O)[C@@](C)(OC)C[C@@H](C)C(=O)NC(C)[C@H]2N(NCCCc3cccc4c3[nH]c3ccccc34)C(=O)O[C@]12C. The maximum absolute atomic E-state index is 15.0. The van der Waals surface area contributed by atoms with Crippen molar-refractivity contribution in [3.63, 3.8) is 0 Å². The molecule has 1 aromatic heterocycles. The zero-order valence-electron chi connectivity index (χ0n) is 44.9. The summed E-state index contributed by atoms with van der Waals surface area (Å²) in [6.07, 6.45) is -6.41. The molecule has 0 spiro atoms. The number of para-hydroxylation sites is 2. The van der Waals surface area contributed by atoms with E-state index in [0.717, 1.165) is 27.4 Å². The molecule has 7 rings (SSSR count). The Balaban J connectivity index is 1.23. The fourth-order valence-electron chi connectivity index (χ4n) is 12.1. The second kappa shape index (κ2) is 22.5. The summed E-state index contributed by atoms with van der Waals surface area (Å²) in [5.41, 5.74) is 2.84. The summed E-state index contributed by atoms with van der Waals surface area (Å²) in [6, 6.07) is 12.6. The van der Waals surface area contributed by atoms with Gasteiger partial charge >= 0.3 is 12.1 Å². The lowest BCUT2D eigenvalue weighted by Gasteiger charge is -2.49. The Labute approximate surface area is 425 Å². The monoisotopic (exact) mass is 1010 g/mol. The molecule has 0 radical (unpaired) electrons. The quantitative estimate of drug-likeness (QED) is 0.0985. The summed E-state index contributed by atoms with van der Waals surface area (Å²) in [4.78, 5) is 49.4. The van der Waals surface area contributed by atoms with Gasteiger partial charge in [-0.25, -0.2) is 15.2 Å². The van der Waals surface area contributed by atoms with Crippen molar-refractivity contribution in [1.29, 1.82) is 0 Å². The fraction of sp³-hybridized carbons (Fsp3) is 0.722. The van der Waals surface area contributed by atoms with Crippen LogP contribution in [0.3, 0.4) is 0 Å². The number of aryl methyl sites for hydroxylation is 1. The van der Waals surface area contributed by atoms with Gasteiger partial charge in [0.05, 0.1) is 47.6 Å². The number of esters is 1. The zero-order valence-corrected chi connectivity index (χ0v) is 44.9. The molecule has 0 bridgehead atoms. The summed E-state index contributed by atoms with van der Waals surface area (Å²) in [7, 11) is 6.85. The molecule has 18 nitrogen and oxygen atoms in total. The van der Waals surface area contributed by atoms with E-state index in [0.29, 0.717) is 25.8 Å². The van der Waals surface area contributed by atoms with Crippen molar-refractivity contribution in [3.05, 3.63) is 48.0 Å². The van der Waals surface area contributed by atoms with Crippen LogP contribution in [0.4, 0.5) is 4.79 Å². The molecule has 4 aliphatic heterocycles. The van der Waals surface area contributed by atoms with Crippen molar-refractivity contribution in [2.45, 2.75) is 198 Å². The molecule has 4 aliphatic rings. The number of aliphatic hydroxyl groups excluding tert-OH is 2. The van der Waals surface area contributed by atoms with Crippen LogP contribution in [0.1, 0.15) is 107 Å². The maximum Gasteiger partial charge on any atom is 0.425 e. The number of hydrogen-bond donors (Lipinski definition) is 5. The van der Waals surface area contributed by atoms with E-state index in [1.807, 2.05) is 65.7 Å². The van der Waals surface area contributed by atoms with Crippen LogP contribution in [0, 0.1) is 17.8 Å². The number of amides is 2. The van der Waals surface area contributed by atoms with Crippen molar-refractivity contribution in [3.8, 4) is 0 Å². The van der Waals surface area contributed by atoms with Gasteiger partial charge in [-0.05, 0) is 106 Å². The molecule has 402 valence electrons. The molecule has 4 fully saturated rings. The van der Waals surface area contributed by atoms with Crippen LogP contribution >= 0.6 is 0 Å². The Bertz CT molecular complexity index is 2350. The number of H-pyrrole nitrogens is 1. The van der Waals surface area contributed by atoms with Gasteiger partial charge in [-0.1, -0.05) is 57.2 Å². The van der Waals surface area contributed by atoms with E-state index in [-0.39, 0.29) is 37.3 Å². The molecule has 5 N–H and O–H groups in total. The van der Waals surface area contributed by atoms with Crippen LogP contribution in [0.5, 0.6) is 0 Å². The minimum Gasteiger partial charge on any atom is -0.458 e. The third-order valence-corrected chi connectivity index (χ3v) is 16.4. The Hall–Kier alpha value is -3.95. The van der Waals surface area contributed by atoms with Crippen molar-refractivity contribution in [1.82, 2.24) is 25.6 Å². The molecular formula is C54H83N5O13. The number of fused-ring (bicyclic) bond motifs is 4. The number of carbonyl (C=O) groups excluding carboxylic acids is 3. The van der Waals surface area contributed by atoms with E-state index >= 15 is 4.79 Å². The first-order chi connectivity index (χ1) is 34.0. The molecule has 0 saturated carbocycles. The van der Waals surface area contributed by atoms with Gasteiger partial charge in [0.25, 0.3) is 0 Å². The van der Waals surface area contributed by atoms with E-state index in [9.17, 15) is 19.8 Å². The molecule has 2 amide bonds.